The number of benzene rings is 1. The van der Waals surface area contributed by atoms with E-state index in [1.807, 2.05) is 6.92 Å². The Balaban J connectivity index is 2.10. The number of rotatable bonds is 2. The van der Waals surface area contributed by atoms with Crippen LogP contribution >= 0.6 is 0 Å². The monoisotopic (exact) mass is 225 g/mol. The lowest BCUT2D eigenvalue weighted by Crippen LogP contribution is -2.46. The van der Waals surface area contributed by atoms with Crippen molar-refractivity contribution in [2.24, 2.45) is 5.73 Å². The van der Waals surface area contributed by atoms with Crippen LogP contribution in [0.25, 0.3) is 0 Å². The van der Waals surface area contributed by atoms with E-state index in [-0.39, 0.29) is 23.7 Å². The molecule has 0 radical (unpaired) electrons. The van der Waals surface area contributed by atoms with Gasteiger partial charge in [-0.3, -0.25) is 0 Å². The molecule has 16 heavy (non-hydrogen) atoms. The van der Waals surface area contributed by atoms with E-state index in [1.165, 1.54) is 6.07 Å². The fraction of sp³-hybridized carbons (Fsp3) is 0.500. The summed E-state index contributed by atoms with van der Waals surface area (Å²) in [5, 5.41) is 0. The van der Waals surface area contributed by atoms with E-state index in [0.717, 1.165) is 12.0 Å². The lowest BCUT2D eigenvalue weighted by atomic mass is 10.1. The highest BCUT2D eigenvalue weighted by molar-refractivity contribution is 5.29. The van der Waals surface area contributed by atoms with Crippen LogP contribution in [0.2, 0.25) is 0 Å². The van der Waals surface area contributed by atoms with Crippen molar-refractivity contribution in [2.45, 2.75) is 25.5 Å². The van der Waals surface area contributed by atoms with Gasteiger partial charge in [-0.2, -0.15) is 0 Å². The van der Waals surface area contributed by atoms with Crippen LogP contribution in [0.4, 0.5) is 4.39 Å². The van der Waals surface area contributed by atoms with Crippen molar-refractivity contribution in [1.82, 2.24) is 0 Å². The molecule has 2 N–H and O–H groups in total. The summed E-state index contributed by atoms with van der Waals surface area (Å²) in [5.74, 6) is -0.102. The van der Waals surface area contributed by atoms with Crippen LogP contribution in [-0.4, -0.2) is 25.4 Å². The molecule has 2 rings (SSSR count). The lowest BCUT2D eigenvalue weighted by molar-refractivity contribution is -0.00681. The fourth-order valence-electron chi connectivity index (χ4n) is 1.71. The molecular weight excluding hydrogens is 209 g/mol. The molecule has 3 nitrogen and oxygen atoms in total. The highest BCUT2D eigenvalue weighted by Gasteiger charge is 2.25. The van der Waals surface area contributed by atoms with Crippen LogP contribution in [0.5, 0.6) is 5.75 Å². The van der Waals surface area contributed by atoms with Gasteiger partial charge in [0.2, 0.25) is 0 Å². The van der Waals surface area contributed by atoms with E-state index in [4.69, 9.17) is 15.2 Å². The largest absolute Gasteiger partial charge is 0.483 e. The maximum absolute atomic E-state index is 13.4. The number of hydrogen-bond acceptors (Lipinski definition) is 3. The Morgan fingerprint density at radius 2 is 2.31 bits per heavy atom. The summed E-state index contributed by atoms with van der Waals surface area (Å²) >= 11 is 0. The number of aryl methyl sites for hydroxylation is 1. The Morgan fingerprint density at radius 3 is 3.06 bits per heavy atom. The molecule has 0 aliphatic carbocycles. The van der Waals surface area contributed by atoms with Gasteiger partial charge < -0.3 is 15.2 Å². The molecule has 1 aromatic carbocycles. The first-order chi connectivity index (χ1) is 7.66. The zero-order valence-electron chi connectivity index (χ0n) is 9.28. The van der Waals surface area contributed by atoms with Gasteiger partial charge in [-0.1, -0.05) is 6.07 Å². The average Bonchev–Trinajstić information content (AvgIpc) is 2.27. The maximum Gasteiger partial charge on any atom is 0.165 e. The van der Waals surface area contributed by atoms with Gasteiger partial charge in [0.15, 0.2) is 11.6 Å². The van der Waals surface area contributed by atoms with Crippen LogP contribution in [0.3, 0.4) is 0 Å². The fourth-order valence-corrected chi connectivity index (χ4v) is 1.71. The van der Waals surface area contributed by atoms with Gasteiger partial charge in [0.25, 0.3) is 0 Å². The van der Waals surface area contributed by atoms with Crippen molar-refractivity contribution in [3.63, 3.8) is 0 Å². The summed E-state index contributed by atoms with van der Waals surface area (Å²) in [7, 11) is 0. The van der Waals surface area contributed by atoms with Gasteiger partial charge in [-0.05, 0) is 31.0 Å². The molecule has 1 aromatic rings. The molecule has 88 valence electrons. The summed E-state index contributed by atoms with van der Waals surface area (Å²) < 4.78 is 24.3. The minimum Gasteiger partial charge on any atom is -0.483 e. The van der Waals surface area contributed by atoms with Crippen LogP contribution in [0.1, 0.15) is 12.0 Å². The SMILES string of the molecule is Cc1ccc(F)c(OC2COCCC2N)c1. The molecule has 1 saturated heterocycles. The Labute approximate surface area is 94.3 Å². The molecule has 0 bridgehead atoms. The summed E-state index contributed by atoms with van der Waals surface area (Å²) in [4.78, 5) is 0. The summed E-state index contributed by atoms with van der Waals surface area (Å²) in [5.41, 5.74) is 6.85. The Hall–Kier alpha value is -1.13. The van der Waals surface area contributed by atoms with Crippen molar-refractivity contribution in [3.8, 4) is 5.75 Å². The third kappa shape index (κ3) is 2.51. The van der Waals surface area contributed by atoms with Crippen molar-refractivity contribution < 1.29 is 13.9 Å². The maximum atomic E-state index is 13.4. The topological polar surface area (TPSA) is 44.5 Å². The van der Waals surface area contributed by atoms with Gasteiger partial charge >= 0.3 is 0 Å². The quantitative estimate of drug-likeness (QED) is 0.832. The van der Waals surface area contributed by atoms with E-state index in [1.54, 1.807) is 12.1 Å². The van der Waals surface area contributed by atoms with Gasteiger partial charge in [-0.25, -0.2) is 4.39 Å². The molecule has 1 aliphatic heterocycles. The van der Waals surface area contributed by atoms with Gasteiger partial charge in [0.05, 0.1) is 6.61 Å². The number of halogens is 1. The minimum atomic E-state index is -0.358. The average molecular weight is 225 g/mol. The Bertz CT molecular complexity index is 370. The van der Waals surface area contributed by atoms with Crippen molar-refractivity contribution >= 4 is 0 Å². The molecule has 1 aliphatic rings. The number of ether oxygens (including phenoxy) is 2. The third-order valence-corrected chi connectivity index (χ3v) is 2.72. The normalized spacial score (nSPS) is 25.4. The zero-order valence-corrected chi connectivity index (χ0v) is 9.28. The minimum absolute atomic E-state index is 0.0892. The zero-order chi connectivity index (χ0) is 11.5. The Kier molecular flexibility index (Phi) is 3.41. The first-order valence-corrected chi connectivity index (χ1v) is 5.43. The smallest absolute Gasteiger partial charge is 0.165 e. The molecule has 0 aromatic heterocycles. The van der Waals surface area contributed by atoms with Crippen molar-refractivity contribution in [3.05, 3.63) is 29.6 Å². The molecule has 0 amide bonds. The standard InChI is InChI=1S/C12H16FNO2/c1-8-2-3-9(13)11(6-8)16-12-7-15-5-4-10(12)14/h2-3,6,10,12H,4-5,7,14H2,1H3. The van der Waals surface area contributed by atoms with Crippen LogP contribution in [-0.2, 0) is 4.74 Å². The molecule has 2 unspecified atom stereocenters. The second-order valence-electron chi connectivity index (χ2n) is 4.12. The van der Waals surface area contributed by atoms with Crippen LogP contribution in [0, 0.1) is 12.7 Å². The molecule has 1 fully saturated rings. The first kappa shape index (κ1) is 11.4. The van der Waals surface area contributed by atoms with E-state index in [0.29, 0.717) is 13.2 Å². The molecule has 4 heteroatoms. The predicted octanol–water partition coefficient (Wildman–Crippen LogP) is 1.63. The van der Waals surface area contributed by atoms with Crippen molar-refractivity contribution in [2.75, 3.05) is 13.2 Å². The Morgan fingerprint density at radius 1 is 1.50 bits per heavy atom. The van der Waals surface area contributed by atoms with E-state index >= 15 is 0 Å². The highest BCUT2D eigenvalue weighted by atomic mass is 19.1. The van der Waals surface area contributed by atoms with Gasteiger partial charge in [0.1, 0.15) is 6.10 Å². The van der Waals surface area contributed by atoms with E-state index < -0.39 is 0 Å². The first-order valence-electron chi connectivity index (χ1n) is 5.43. The van der Waals surface area contributed by atoms with Crippen LogP contribution < -0.4 is 10.5 Å². The molecular formula is C12H16FNO2. The van der Waals surface area contributed by atoms with Gasteiger partial charge in [0, 0.05) is 12.6 Å². The summed E-state index contributed by atoms with van der Waals surface area (Å²) in [6.07, 6.45) is 0.489. The predicted molar refractivity (Wildman–Crippen MR) is 59.0 cm³/mol. The number of nitrogens with two attached hydrogens (primary N) is 1. The molecule has 0 saturated carbocycles. The second kappa shape index (κ2) is 4.80. The molecule has 2 atom stereocenters. The molecule has 0 spiro atoms. The van der Waals surface area contributed by atoms with Crippen molar-refractivity contribution in [1.29, 1.82) is 0 Å². The summed E-state index contributed by atoms with van der Waals surface area (Å²) in [6, 6.07) is 4.70. The highest BCUT2D eigenvalue weighted by Crippen LogP contribution is 2.21. The second-order valence-corrected chi connectivity index (χ2v) is 4.12. The third-order valence-electron chi connectivity index (χ3n) is 2.72. The summed E-state index contributed by atoms with van der Waals surface area (Å²) in [6.45, 7) is 2.97. The van der Waals surface area contributed by atoms with E-state index in [9.17, 15) is 4.39 Å². The molecule has 1 heterocycles. The van der Waals surface area contributed by atoms with Crippen LogP contribution in [0.15, 0.2) is 18.2 Å². The van der Waals surface area contributed by atoms with Gasteiger partial charge in [-0.15, -0.1) is 0 Å². The lowest BCUT2D eigenvalue weighted by Gasteiger charge is -2.29. The number of hydrogen-bond donors (Lipinski definition) is 1. The van der Waals surface area contributed by atoms with E-state index in [2.05, 4.69) is 0 Å².